The third kappa shape index (κ3) is 6.79. The van der Waals surface area contributed by atoms with Crippen LogP contribution in [0.1, 0.15) is 22.6 Å². The number of hydrogen-bond acceptors (Lipinski definition) is 4. The lowest BCUT2D eigenvalue weighted by molar-refractivity contribution is 0.541. The summed E-state index contributed by atoms with van der Waals surface area (Å²) in [5, 5.41) is 0. The van der Waals surface area contributed by atoms with Crippen LogP contribution in [0.15, 0.2) is 78.9 Å². The Hall–Kier alpha value is -2.52. The van der Waals surface area contributed by atoms with Crippen molar-refractivity contribution in [2.45, 2.75) is 18.8 Å². The fourth-order valence-electron chi connectivity index (χ4n) is 3.32. The predicted octanol–water partition coefficient (Wildman–Crippen LogP) is 3.67. The Balaban J connectivity index is 1.85. The number of hydrogen-bond donors (Lipinski definition) is 2. The molecule has 152 valence electrons. The second kappa shape index (κ2) is 10.3. The maximum absolute atomic E-state index is 10.9. The topological polar surface area (TPSA) is 104 Å². The highest BCUT2D eigenvalue weighted by atomic mass is 32.2. The Morgan fingerprint density at radius 2 is 1.17 bits per heavy atom. The maximum atomic E-state index is 10.9. The van der Waals surface area contributed by atoms with Crippen LogP contribution in [-0.4, -0.2) is 17.5 Å². The van der Waals surface area contributed by atoms with E-state index in [-0.39, 0.29) is 5.92 Å². The van der Waals surface area contributed by atoms with E-state index in [1.54, 1.807) is 12.1 Å². The summed E-state index contributed by atoms with van der Waals surface area (Å²) < 4.78 is 48.4. The van der Waals surface area contributed by atoms with Crippen molar-refractivity contribution < 1.29 is 17.5 Å². The van der Waals surface area contributed by atoms with Gasteiger partial charge in [0.15, 0.2) is 0 Å². The minimum atomic E-state index is -2.37. The lowest BCUT2D eigenvalue weighted by Gasteiger charge is -2.19. The average molecular weight is 429 g/mol. The third-order valence-electron chi connectivity index (χ3n) is 4.49. The molecule has 3 rings (SSSR count). The van der Waals surface area contributed by atoms with E-state index >= 15 is 0 Å². The van der Waals surface area contributed by atoms with Gasteiger partial charge in [-0.3, -0.25) is 8.42 Å². The van der Waals surface area contributed by atoms with Gasteiger partial charge in [-0.25, -0.2) is 0 Å². The normalized spacial score (nSPS) is 14.0. The van der Waals surface area contributed by atoms with Gasteiger partial charge in [0, 0.05) is 33.9 Å². The zero-order valence-electron chi connectivity index (χ0n) is 15.4. The van der Waals surface area contributed by atoms with Crippen molar-refractivity contribution in [3.63, 3.8) is 0 Å². The summed E-state index contributed by atoms with van der Waals surface area (Å²) in [5.41, 5.74) is 4.20. The lowest BCUT2D eigenvalue weighted by atomic mass is 9.86. The van der Waals surface area contributed by atoms with Gasteiger partial charge in [0.1, 0.15) is 0 Å². The summed E-state index contributed by atoms with van der Waals surface area (Å²) in [7, 11) is 0. The molecule has 0 fully saturated rings. The zero-order valence-corrected chi connectivity index (χ0v) is 17.1. The number of nitrogens with one attached hydrogen (secondary N) is 2. The van der Waals surface area contributed by atoms with Gasteiger partial charge in [0.05, 0.1) is 0 Å². The van der Waals surface area contributed by atoms with E-state index in [4.69, 9.17) is 0 Å². The Bertz CT molecular complexity index is 937. The van der Waals surface area contributed by atoms with Crippen LogP contribution in [0.4, 0.5) is 11.4 Å². The molecule has 2 unspecified atom stereocenters. The van der Waals surface area contributed by atoms with Crippen LogP contribution < -0.4 is 9.44 Å². The second-order valence-corrected chi connectivity index (χ2v) is 7.94. The third-order valence-corrected chi connectivity index (χ3v) is 5.30. The molecule has 0 aromatic heterocycles. The monoisotopic (exact) mass is 428 g/mol. The minimum absolute atomic E-state index is 0.136. The minimum Gasteiger partial charge on any atom is -0.755 e. The quantitative estimate of drug-likeness (QED) is 0.507. The van der Waals surface area contributed by atoms with Crippen LogP contribution in [0, 0.1) is 0 Å². The molecule has 3 aromatic carbocycles. The van der Waals surface area contributed by atoms with Crippen molar-refractivity contribution in [3.05, 3.63) is 95.6 Å². The summed E-state index contributed by atoms with van der Waals surface area (Å²) in [6.45, 7) is 0. The Morgan fingerprint density at radius 1 is 0.690 bits per heavy atom. The number of benzene rings is 3. The molecule has 6 nitrogen and oxygen atoms in total. The van der Waals surface area contributed by atoms with Crippen molar-refractivity contribution in [1.82, 2.24) is 0 Å². The van der Waals surface area contributed by atoms with Gasteiger partial charge >= 0.3 is 0 Å². The molecule has 0 bridgehead atoms. The molecule has 0 aliphatic heterocycles. The molecule has 3 aromatic rings. The number of anilines is 2. The number of rotatable bonds is 9. The van der Waals surface area contributed by atoms with E-state index in [9.17, 15) is 17.5 Å². The summed E-state index contributed by atoms with van der Waals surface area (Å²) in [6.07, 6.45) is 1.41. The van der Waals surface area contributed by atoms with Gasteiger partial charge in [-0.05, 0) is 59.7 Å². The molecule has 2 atom stereocenters. The van der Waals surface area contributed by atoms with Crippen molar-refractivity contribution in [3.8, 4) is 0 Å². The highest BCUT2D eigenvalue weighted by Crippen LogP contribution is 2.27. The van der Waals surface area contributed by atoms with E-state index < -0.39 is 22.5 Å². The van der Waals surface area contributed by atoms with Gasteiger partial charge in [-0.15, -0.1) is 0 Å². The average Bonchev–Trinajstić information content (AvgIpc) is 2.68. The van der Waals surface area contributed by atoms with Gasteiger partial charge in [0.25, 0.3) is 0 Å². The van der Waals surface area contributed by atoms with Crippen molar-refractivity contribution in [1.29, 1.82) is 0 Å². The largest absolute Gasteiger partial charge is 0.755 e. The Kier molecular flexibility index (Phi) is 7.54. The summed E-state index contributed by atoms with van der Waals surface area (Å²) in [4.78, 5) is 0. The highest BCUT2D eigenvalue weighted by Gasteiger charge is 2.14. The first-order valence-corrected chi connectivity index (χ1v) is 11.1. The molecule has 0 radical (unpaired) electrons. The van der Waals surface area contributed by atoms with Gasteiger partial charge < -0.3 is 18.5 Å². The smallest absolute Gasteiger partial charge is 0.0455 e. The molecule has 0 heterocycles. The second-order valence-electron chi connectivity index (χ2n) is 6.59. The van der Waals surface area contributed by atoms with E-state index in [1.165, 1.54) is 0 Å². The van der Waals surface area contributed by atoms with Crippen molar-refractivity contribution in [2.75, 3.05) is 9.44 Å². The first kappa shape index (κ1) is 21.2. The molecule has 8 heteroatoms. The van der Waals surface area contributed by atoms with Crippen LogP contribution in [0.2, 0.25) is 0 Å². The molecule has 0 saturated carbocycles. The summed E-state index contributed by atoms with van der Waals surface area (Å²) in [6, 6.07) is 24.7. The van der Waals surface area contributed by atoms with Gasteiger partial charge in [0.2, 0.25) is 0 Å². The van der Waals surface area contributed by atoms with Crippen molar-refractivity contribution in [2.24, 2.45) is 0 Å². The molecule has 0 aliphatic rings. The van der Waals surface area contributed by atoms with Gasteiger partial charge in [-0.1, -0.05) is 54.6 Å². The Morgan fingerprint density at radius 3 is 1.62 bits per heavy atom. The molecule has 0 amide bonds. The maximum Gasteiger partial charge on any atom is 0.0455 e. The van der Waals surface area contributed by atoms with Crippen LogP contribution in [0.5, 0.6) is 0 Å². The Labute approximate surface area is 175 Å². The lowest BCUT2D eigenvalue weighted by Crippen LogP contribution is -2.08. The SMILES string of the molecule is O=S([O-])Nc1cccc(CC(Cc2cccc(NS(=O)[O-])c2)c2ccccc2)c1. The first-order chi connectivity index (χ1) is 14.0. The molecule has 0 spiro atoms. The molecule has 0 aliphatic carbocycles. The fraction of sp³-hybridized carbons (Fsp3) is 0.143. The molecule has 29 heavy (non-hydrogen) atoms. The van der Waals surface area contributed by atoms with Crippen molar-refractivity contribution >= 4 is 33.9 Å². The predicted molar refractivity (Wildman–Crippen MR) is 115 cm³/mol. The summed E-state index contributed by atoms with van der Waals surface area (Å²) >= 11 is -4.74. The van der Waals surface area contributed by atoms with Crippen LogP contribution in [-0.2, 0) is 35.4 Å². The standard InChI is InChI=1S/C21H22N2O4S2/c24-28(25)22-20-10-4-6-16(14-20)12-19(18-8-2-1-3-9-18)13-17-7-5-11-21(15-17)23-29(26)27/h1-11,14-15,19,22-23H,12-13H2,(H,24,25)(H,26,27)/p-2. The zero-order chi connectivity index (χ0) is 20.6. The van der Waals surface area contributed by atoms with E-state index in [2.05, 4.69) is 21.6 Å². The molecular formula is C21H20N2O4S2-2. The van der Waals surface area contributed by atoms with Crippen LogP contribution in [0.25, 0.3) is 0 Å². The fourth-order valence-corrected chi connectivity index (χ4v) is 3.96. The van der Waals surface area contributed by atoms with E-state index in [0.717, 1.165) is 16.7 Å². The first-order valence-electron chi connectivity index (χ1n) is 8.94. The highest BCUT2D eigenvalue weighted by molar-refractivity contribution is 7.80. The molecular weight excluding hydrogens is 408 g/mol. The molecule has 2 N–H and O–H groups in total. The van der Waals surface area contributed by atoms with Crippen LogP contribution >= 0.6 is 0 Å². The molecule has 0 saturated heterocycles. The summed E-state index contributed by atoms with van der Waals surface area (Å²) in [5.74, 6) is 0.136. The van der Waals surface area contributed by atoms with Gasteiger partial charge in [-0.2, -0.15) is 0 Å². The van der Waals surface area contributed by atoms with Crippen LogP contribution in [0.3, 0.4) is 0 Å². The van der Waals surface area contributed by atoms with E-state index in [1.807, 2.05) is 54.6 Å². The van der Waals surface area contributed by atoms with E-state index in [0.29, 0.717) is 24.2 Å².